The maximum absolute atomic E-state index is 11.2. The van der Waals surface area contributed by atoms with Crippen LogP contribution in [0.2, 0.25) is 0 Å². The molecule has 2 unspecified atom stereocenters. The van der Waals surface area contributed by atoms with Crippen LogP contribution in [0.5, 0.6) is 5.75 Å². The molecule has 134 valence electrons. The van der Waals surface area contributed by atoms with Gasteiger partial charge in [-0.15, -0.1) is 0 Å². The molecule has 5 heteroatoms. The van der Waals surface area contributed by atoms with Gasteiger partial charge in [-0.05, 0) is 43.0 Å². The fourth-order valence-electron chi connectivity index (χ4n) is 2.55. The first-order valence-corrected chi connectivity index (χ1v) is 8.52. The minimum absolute atomic E-state index is 0.451. The van der Waals surface area contributed by atoms with E-state index < -0.39 is 18.1 Å². The van der Waals surface area contributed by atoms with Crippen LogP contribution < -0.4 is 15.8 Å². The molecule has 0 saturated heterocycles. The molecular formula is C20H26N2O3. The van der Waals surface area contributed by atoms with Gasteiger partial charge in [0, 0.05) is 6.54 Å². The third kappa shape index (κ3) is 6.57. The highest BCUT2D eigenvalue weighted by molar-refractivity contribution is 5.80. The van der Waals surface area contributed by atoms with Gasteiger partial charge in [0.15, 0.2) is 0 Å². The van der Waals surface area contributed by atoms with Gasteiger partial charge in [0.05, 0.1) is 12.7 Å². The zero-order chi connectivity index (χ0) is 18.1. The van der Waals surface area contributed by atoms with Crippen molar-refractivity contribution in [2.45, 2.75) is 38.5 Å². The number of nitrogens with two attached hydrogens (primary N) is 1. The number of hydrogen-bond donors (Lipinski definition) is 3. The molecule has 2 atom stereocenters. The minimum atomic E-state index is -0.829. The lowest BCUT2D eigenvalue weighted by atomic mass is 10.1. The van der Waals surface area contributed by atoms with Crippen LogP contribution in [0.15, 0.2) is 54.6 Å². The van der Waals surface area contributed by atoms with E-state index in [-0.39, 0.29) is 0 Å². The van der Waals surface area contributed by atoms with E-state index in [9.17, 15) is 9.90 Å². The first kappa shape index (κ1) is 19.0. The second-order valence-corrected chi connectivity index (χ2v) is 6.08. The van der Waals surface area contributed by atoms with Crippen molar-refractivity contribution in [2.24, 2.45) is 5.73 Å². The van der Waals surface area contributed by atoms with Crippen LogP contribution in [-0.4, -0.2) is 29.8 Å². The van der Waals surface area contributed by atoms with Crippen molar-refractivity contribution < 1.29 is 14.6 Å². The molecule has 1 amide bonds. The predicted octanol–water partition coefficient (Wildman–Crippen LogP) is 2.02. The second-order valence-electron chi connectivity index (χ2n) is 6.08. The summed E-state index contributed by atoms with van der Waals surface area (Å²) in [6, 6.07) is 17.3. The number of ether oxygens (including phenoxy) is 1. The van der Waals surface area contributed by atoms with Crippen molar-refractivity contribution in [3.63, 3.8) is 0 Å². The molecule has 0 aliphatic carbocycles. The Kier molecular flexibility index (Phi) is 7.44. The average Bonchev–Trinajstić information content (AvgIpc) is 2.60. The Balaban J connectivity index is 1.73. The monoisotopic (exact) mass is 342 g/mol. The smallest absolute Gasteiger partial charge is 0.237 e. The van der Waals surface area contributed by atoms with E-state index in [2.05, 4.69) is 17.4 Å². The molecule has 2 aromatic carbocycles. The number of hydrogen-bond acceptors (Lipinski definition) is 4. The SMILES string of the molecule is CC(O)C(NCc1ccc(OCCCc2ccccc2)cc1)C(N)=O. The fraction of sp³-hybridized carbons (Fsp3) is 0.350. The van der Waals surface area contributed by atoms with Gasteiger partial charge < -0.3 is 15.6 Å². The van der Waals surface area contributed by atoms with Crippen LogP contribution in [0.3, 0.4) is 0 Å². The zero-order valence-electron chi connectivity index (χ0n) is 14.5. The summed E-state index contributed by atoms with van der Waals surface area (Å²) in [5, 5.41) is 12.5. The van der Waals surface area contributed by atoms with Crippen LogP contribution in [0, 0.1) is 0 Å². The maximum atomic E-state index is 11.2. The summed E-state index contributed by atoms with van der Waals surface area (Å²) < 4.78 is 5.75. The van der Waals surface area contributed by atoms with Crippen LogP contribution in [0.25, 0.3) is 0 Å². The van der Waals surface area contributed by atoms with Gasteiger partial charge in [0.2, 0.25) is 5.91 Å². The van der Waals surface area contributed by atoms with Gasteiger partial charge in [-0.1, -0.05) is 42.5 Å². The summed E-state index contributed by atoms with van der Waals surface area (Å²) in [5.74, 6) is 0.257. The Hall–Kier alpha value is -2.37. The van der Waals surface area contributed by atoms with Gasteiger partial charge >= 0.3 is 0 Å². The van der Waals surface area contributed by atoms with E-state index in [1.165, 1.54) is 12.5 Å². The molecule has 2 aromatic rings. The lowest BCUT2D eigenvalue weighted by Gasteiger charge is -2.18. The molecule has 0 aliphatic rings. The number of aryl methyl sites for hydroxylation is 1. The Bertz CT molecular complexity index is 642. The third-order valence-electron chi connectivity index (χ3n) is 3.96. The van der Waals surface area contributed by atoms with Gasteiger partial charge in [-0.2, -0.15) is 0 Å². The van der Waals surface area contributed by atoms with Gasteiger partial charge in [0.25, 0.3) is 0 Å². The van der Waals surface area contributed by atoms with Gasteiger partial charge in [-0.3, -0.25) is 10.1 Å². The number of rotatable bonds is 10. The number of benzene rings is 2. The highest BCUT2D eigenvalue weighted by atomic mass is 16.5. The van der Waals surface area contributed by atoms with Crippen molar-refractivity contribution in [3.8, 4) is 5.75 Å². The summed E-state index contributed by atoms with van der Waals surface area (Å²) in [6.07, 6.45) is 1.13. The van der Waals surface area contributed by atoms with E-state index >= 15 is 0 Å². The Morgan fingerprint density at radius 2 is 1.80 bits per heavy atom. The molecule has 0 aromatic heterocycles. The number of nitrogens with one attached hydrogen (secondary N) is 1. The summed E-state index contributed by atoms with van der Waals surface area (Å²) >= 11 is 0. The lowest BCUT2D eigenvalue weighted by molar-refractivity contribution is -0.122. The summed E-state index contributed by atoms with van der Waals surface area (Å²) in [5.41, 5.74) is 7.56. The number of carbonyl (C=O) groups excluding carboxylic acids is 1. The number of primary amides is 1. The van der Waals surface area contributed by atoms with E-state index in [1.54, 1.807) is 0 Å². The van der Waals surface area contributed by atoms with Gasteiger partial charge in [0.1, 0.15) is 11.8 Å². The minimum Gasteiger partial charge on any atom is -0.494 e. The number of amides is 1. The van der Waals surface area contributed by atoms with Gasteiger partial charge in [-0.25, -0.2) is 0 Å². The molecule has 0 spiro atoms. The standard InChI is InChI=1S/C20H26N2O3/c1-15(23)19(20(21)24)22-14-17-9-11-18(12-10-17)25-13-5-8-16-6-3-2-4-7-16/h2-4,6-7,9-12,15,19,22-23H,5,8,13-14H2,1H3,(H2,21,24). The molecule has 4 N–H and O–H groups in total. The number of aliphatic hydroxyl groups excluding tert-OH is 1. The van der Waals surface area contributed by atoms with Crippen molar-refractivity contribution in [1.82, 2.24) is 5.32 Å². The van der Waals surface area contributed by atoms with E-state index in [0.717, 1.165) is 24.2 Å². The molecule has 0 aliphatic heterocycles. The van der Waals surface area contributed by atoms with E-state index in [4.69, 9.17) is 10.5 Å². The highest BCUT2D eigenvalue weighted by Gasteiger charge is 2.19. The topological polar surface area (TPSA) is 84.6 Å². The Morgan fingerprint density at radius 3 is 2.40 bits per heavy atom. The predicted molar refractivity (Wildman–Crippen MR) is 98.2 cm³/mol. The van der Waals surface area contributed by atoms with Crippen molar-refractivity contribution in [3.05, 3.63) is 65.7 Å². The average molecular weight is 342 g/mol. The lowest BCUT2D eigenvalue weighted by Crippen LogP contribution is -2.47. The van der Waals surface area contributed by atoms with E-state index in [0.29, 0.717) is 13.2 Å². The molecule has 0 bridgehead atoms. The Morgan fingerprint density at radius 1 is 1.12 bits per heavy atom. The Labute approximate surface area is 148 Å². The summed E-state index contributed by atoms with van der Waals surface area (Å²) in [7, 11) is 0. The second kappa shape index (κ2) is 9.81. The zero-order valence-corrected chi connectivity index (χ0v) is 14.5. The molecule has 25 heavy (non-hydrogen) atoms. The fourth-order valence-corrected chi connectivity index (χ4v) is 2.55. The van der Waals surface area contributed by atoms with Crippen LogP contribution in [0.1, 0.15) is 24.5 Å². The number of carbonyl (C=O) groups is 1. The molecule has 0 fully saturated rings. The molecule has 0 saturated carbocycles. The largest absolute Gasteiger partial charge is 0.494 e. The van der Waals surface area contributed by atoms with Crippen molar-refractivity contribution in [2.75, 3.05) is 6.61 Å². The molecule has 0 radical (unpaired) electrons. The molecule has 5 nitrogen and oxygen atoms in total. The normalized spacial score (nSPS) is 13.2. The highest BCUT2D eigenvalue weighted by Crippen LogP contribution is 2.13. The first-order chi connectivity index (χ1) is 12.1. The quantitative estimate of drug-likeness (QED) is 0.577. The maximum Gasteiger partial charge on any atom is 0.237 e. The van der Waals surface area contributed by atoms with Crippen LogP contribution >= 0.6 is 0 Å². The molecular weight excluding hydrogens is 316 g/mol. The molecule has 0 heterocycles. The first-order valence-electron chi connectivity index (χ1n) is 8.52. The summed E-state index contributed by atoms with van der Waals surface area (Å²) in [6.45, 7) is 2.65. The summed E-state index contributed by atoms with van der Waals surface area (Å²) in [4.78, 5) is 11.2. The number of aliphatic hydroxyl groups is 1. The van der Waals surface area contributed by atoms with Crippen LogP contribution in [0.4, 0.5) is 0 Å². The molecule has 2 rings (SSSR count). The third-order valence-corrected chi connectivity index (χ3v) is 3.96. The van der Waals surface area contributed by atoms with E-state index in [1.807, 2.05) is 42.5 Å². The van der Waals surface area contributed by atoms with Crippen molar-refractivity contribution >= 4 is 5.91 Å². The van der Waals surface area contributed by atoms with Crippen LogP contribution in [-0.2, 0) is 17.8 Å². The van der Waals surface area contributed by atoms with Crippen molar-refractivity contribution in [1.29, 1.82) is 0 Å².